The minimum Gasteiger partial charge on any atom is -0.493 e. The van der Waals surface area contributed by atoms with E-state index in [4.69, 9.17) is 9.47 Å². The van der Waals surface area contributed by atoms with Crippen molar-refractivity contribution >= 4 is 39.1 Å². The first-order valence-corrected chi connectivity index (χ1v) is 9.14. The normalized spacial score (nSPS) is 10.1. The zero-order chi connectivity index (χ0) is 19.2. The molecule has 0 aliphatic rings. The van der Waals surface area contributed by atoms with Gasteiger partial charge in [0.05, 0.1) is 24.8 Å². The third kappa shape index (κ3) is 5.20. The van der Waals surface area contributed by atoms with Crippen LogP contribution < -0.4 is 14.8 Å². The average molecular weight is 466 g/mol. The summed E-state index contributed by atoms with van der Waals surface area (Å²) in [7, 11) is 3.23. The van der Waals surface area contributed by atoms with Crippen LogP contribution in [-0.4, -0.2) is 30.7 Å². The van der Waals surface area contributed by atoms with Gasteiger partial charge in [0.15, 0.2) is 16.6 Å². The summed E-state index contributed by atoms with van der Waals surface area (Å²) in [4.78, 5) is 15.0. The van der Waals surface area contributed by atoms with Crippen LogP contribution >= 0.6 is 28.3 Å². The molecule has 28 heavy (non-hydrogen) atoms. The van der Waals surface area contributed by atoms with Gasteiger partial charge in [-0.15, -0.1) is 28.3 Å². The number of hydrogen-bond acceptors (Lipinski definition) is 7. The summed E-state index contributed by atoms with van der Waals surface area (Å²) in [6, 6.07) is 12.3. The standard InChI is InChI=1S/C19H19N3O4S.BrH/c1-25-17-7-6-13(10-18(17)26-2)8-9-20-19-21-16(12-27-19)14-4-3-5-15(11-14)22(23)24;/h3-7,10-12H,8-9H2,1-2H3,(H,20,21);1H. The number of hydrogen-bond donors (Lipinski definition) is 1. The van der Waals surface area contributed by atoms with Gasteiger partial charge < -0.3 is 14.8 Å². The molecule has 3 rings (SSSR count). The molecule has 0 atom stereocenters. The fraction of sp³-hybridized carbons (Fsp3) is 0.211. The van der Waals surface area contributed by atoms with E-state index in [1.54, 1.807) is 20.3 Å². The van der Waals surface area contributed by atoms with Gasteiger partial charge in [0, 0.05) is 29.6 Å². The van der Waals surface area contributed by atoms with Gasteiger partial charge in [0.1, 0.15) is 0 Å². The molecule has 2 aromatic carbocycles. The van der Waals surface area contributed by atoms with Crippen LogP contribution in [-0.2, 0) is 6.42 Å². The Balaban J connectivity index is 0.00000280. The quantitative estimate of drug-likeness (QED) is 0.373. The van der Waals surface area contributed by atoms with E-state index in [0.717, 1.165) is 28.4 Å². The van der Waals surface area contributed by atoms with Crippen LogP contribution in [0.3, 0.4) is 0 Å². The van der Waals surface area contributed by atoms with Crippen molar-refractivity contribution in [2.24, 2.45) is 0 Å². The second-order valence-corrected chi connectivity index (χ2v) is 6.57. The lowest BCUT2D eigenvalue weighted by Gasteiger charge is -2.09. The highest BCUT2D eigenvalue weighted by Gasteiger charge is 2.10. The molecule has 1 N–H and O–H groups in total. The summed E-state index contributed by atoms with van der Waals surface area (Å²) in [6.07, 6.45) is 0.798. The second-order valence-electron chi connectivity index (χ2n) is 5.71. The van der Waals surface area contributed by atoms with Crippen molar-refractivity contribution in [3.63, 3.8) is 0 Å². The van der Waals surface area contributed by atoms with E-state index >= 15 is 0 Å². The maximum absolute atomic E-state index is 10.9. The van der Waals surface area contributed by atoms with Crippen molar-refractivity contribution in [1.82, 2.24) is 4.98 Å². The molecule has 0 fully saturated rings. The minimum atomic E-state index is -0.405. The predicted molar refractivity (Wildman–Crippen MR) is 116 cm³/mol. The SMILES string of the molecule is Br.COc1ccc(CCNc2nc(-c3cccc([N+](=O)[O-])c3)cs2)cc1OC. The molecule has 0 radical (unpaired) electrons. The molecule has 0 saturated carbocycles. The summed E-state index contributed by atoms with van der Waals surface area (Å²) in [5, 5.41) is 16.9. The molecule has 0 unspecified atom stereocenters. The number of nitrogens with zero attached hydrogens (tertiary/aromatic N) is 2. The largest absolute Gasteiger partial charge is 0.493 e. The Labute approximate surface area is 177 Å². The Kier molecular flexibility index (Phi) is 7.77. The van der Waals surface area contributed by atoms with E-state index in [1.165, 1.54) is 23.5 Å². The molecule has 0 aliphatic heterocycles. The van der Waals surface area contributed by atoms with Crippen LogP contribution in [0.2, 0.25) is 0 Å². The number of benzene rings is 2. The smallest absolute Gasteiger partial charge is 0.270 e. The lowest BCUT2D eigenvalue weighted by Crippen LogP contribution is -2.05. The van der Waals surface area contributed by atoms with Crippen LogP contribution in [0.15, 0.2) is 47.8 Å². The van der Waals surface area contributed by atoms with Gasteiger partial charge in [0.25, 0.3) is 5.69 Å². The van der Waals surface area contributed by atoms with Gasteiger partial charge >= 0.3 is 0 Å². The van der Waals surface area contributed by atoms with Gasteiger partial charge in [-0.2, -0.15) is 0 Å². The van der Waals surface area contributed by atoms with Gasteiger partial charge in [-0.1, -0.05) is 18.2 Å². The number of aromatic nitrogens is 1. The summed E-state index contributed by atoms with van der Waals surface area (Å²) in [5.41, 5.74) is 2.63. The lowest BCUT2D eigenvalue weighted by atomic mass is 10.1. The molecule has 1 heterocycles. The number of non-ortho nitro benzene ring substituents is 1. The fourth-order valence-electron chi connectivity index (χ4n) is 2.62. The first-order chi connectivity index (χ1) is 13.1. The molecule has 0 bridgehead atoms. The highest BCUT2D eigenvalue weighted by atomic mass is 79.9. The summed E-state index contributed by atoms with van der Waals surface area (Å²) >= 11 is 1.47. The third-order valence-electron chi connectivity index (χ3n) is 3.99. The van der Waals surface area contributed by atoms with Crippen molar-refractivity contribution in [1.29, 1.82) is 0 Å². The monoisotopic (exact) mass is 465 g/mol. The minimum absolute atomic E-state index is 0. The molecule has 7 nitrogen and oxygen atoms in total. The van der Waals surface area contributed by atoms with Crippen LogP contribution in [0.4, 0.5) is 10.8 Å². The zero-order valence-electron chi connectivity index (χ0n) is 15.4. The predicted octanol–water partition coefficient (Wildman–Crippen LogP) is 4.97. The number of rotatable bonds is 8. The first kappa shape index (κ1) is 21.6. The van der Waals surface area contributed by atoms with Crippen molar-refractivity contribution in [2.45, 2.75) is 6.42 Å². The molecular formula is C19H20BrN3O4S. The molecule has 3 aromatic rings. The second kappa shape index (κ2) is 10.0. The van der Waals surface area contributed by atoms with Crippen LogP contribution in [0.5, 0.6) is 11.5 Å². The zero-order valence-corrected chi connectivity index (χ0v) is 17.9. The van der Waals surface area contributed by atoms with Gasteiger partial charge in [0.2, 0.25) is 0 Å². The van der Waals surface area contributed by atoms with E-state index in [2.05, 4.69) is 10.3 Å². The molecule has 0 saturated heterocycles. The third-order valence-corrected chi connectivity index (χ3v) is 4.79. The Morgan fingerprint density at radius 1 is 1.14 bits per heavy atom. The van der Waals surface area contributed by atoms with Crippen LogP contribution in [0, 0.1) is 10.1 Å². The summed E-state index contributed by atoms with van der Waals surface area (Å²) in [6.45, 7) is 0.706. The maximum atomic E-state index is 10.9. The summed E-state index contributed by atoms with van der Waals surface area (Å²) < 4.78 is 10.6. The number of nitrogens with one attached hydrogen (secondary N) is 1. The molecule has 0 spiro atoms. The van der Waals surface area contributed by atoms with Crippen molar-refractivity contribution in [3.8, 4) is 22.8 Å². The van der Waals surface area contributed by atoms with E-state index in [-0.39, 0.29) is 22.7 Å². The molecule has 0 amide bonds. The van der Waals surface area contributed by atoms with Crippen LogP contribution in [0.25, 0.3) is 11.3 Å². The van der Waals surface area contributed by atoms with Gasteiger partial charge in [-0.05, 0) is 24.1 Å². The first-order valence-electron chi connectivity index (χ1n) is 8.26. The van der Waals surface area contributed by atoms with E-state index < -0.39 is 4.92 Å². The van der Waals surface area contributed by atoms with E-state index in [9.17, 15) is 10.1 Å². The molecule has 0 aliphatic carbocycles. The lowest BCUT2D eigenvalue weighted by molar-refractivity contribution is -0.384. The maximum Gasteiger partial charge on any atom is 0.270 e. The average Bonchev–Trinajstić information content (AvgIpc) is 3.17. The number of nitro groups is 1. The summed E-state index contributed by atoms with van der Waals surface area (Å²) in [5.74, 6) is 1.41. The number of ether oxygens (including phenoxy) is 2. The topological polar surface area (TPSA) is 86.5 Å². The van der Waals surface area contributed by atoms with E-state index in [0.29, 0.717) is 18.0 Å². The molecular weight excluding hydrogens is 446 g/mol. The molecule has 1 aromatic heterocycles. The fourth-order valence-corrected chi connectivity index (χ4v) is 3.36. The van der Waals surface area contributed by atoms with Gasteiger partial charge in [-0.3, -0.25) is 10.1 Å². The molecule has 9 heteroatoms. The van der Waals surface area contributed by atoms with E-state index in [1.807, 2.05) is 29.6 Å². The number of methoxy groups -OCH3 is 2. The number of halogens is 1. The van der Waals surface area contributed by atoms with Crippen molar-refractivity contribution < 1.29 is 14.4 Å². The van der Waals surface area contributed by atoms with Crippen LogP contribution in [0.1, 0.15) is 5.56 Å². The Hall–Kier alpha value is -2.65. The van der Waals surface area contributed by atoms with Gasteiger partial charge in [-0.25, -0.2) is 4.98 Å². The Morgan fingerprint density at radius 3 is 2.64 bits per heavy atom. The highest BCUT2D eigenvalue weighted by Crippen LogP contribution is 2.29. The Bertz CT molecular complexity index is 948. The highest BCUT2D eigenvalue weighted by molar-refractivity contribution is 8.93. The van der Waals surface area contributed by atoms with Crippen molar-refractivity contribution in [3.05, 3.63) is 63.5 Å². The number of nitro benzene ring substituents is 1. The molecule has 148 valence electrons. The number of thiazole rings is 1. The Morgan fingerprint density at radius 2 is 1.93 bits per heavy atom. The van der Waals surface area contributed by atoms with Crippen molar-refractivity contribution in [2.75, 3.05) is 26.1 Å². The number of anilines is 1.